The number of esters is 3. The van der Waals surface area contributed by atoms with Gasteiger partial charge in [-0.3, -0.25) is 10.1 Å². The molecule has 6 rings (SSSR count). The third-order valence-corrected chi connectivity index (χ3v) is 7.52. The van der Waals surface area contributed by atoms with Crippen molar-refractivity contribution in [2.45, 2.75) is 24.5 Å². The molecule has 1 aliphatic heterocycles. The molecule has 252 valence electrons. The maximum absolute atomic E-state index is 13.4. The number of carbonyl (C=O) groups excluding carboxylic acids is 3. The van der Waals surface area contributed by atoms with E-state index in [0.29, 0.717) is 5.69 Å². The number of nitrogens with zero attached hydrogens (tertiary/aromatic N) is 3. The van der Waals surface area contributed by atoms with Crippen LogP contribution < -0.4 is 10.6 Å². The van der Waals surface area contributed by atoms with Crippen molar-refractivity contribution < 1.29 is 38.3 Å². The molecule has 4 atom stereocenters. The normalized spacial score (nSPS) is 18.0. The van der Waals surface area contributed by atoms with E-state index in [9.17, 15) is 24.5 Å². The van der Waals surface area contributed by atoms with Crippen LogP contribution in [-0.4, -0.2) is 63.9 Å². The first-order chi connectivity index (χ1) is 24.4. The first kappa shape index (κ1) is 33.2. The molecule has 14 heteroatoms. The SMILES string of the molecule is O=C(OC[C@H]1O[C@H](Nc2ncnc(Nc3ccccc3)c2[N+](=O)[O-])[C@H](OC(=O)c2ccccc2)[C@@H]1OC(=O)c1ccccc1)c1ccccc1. The number of ether oxygens (including phenoxy) is 4. The third kappa shape index (κ3) is 7.89. The summed E-state index contributed by atoms with van der Waals surface area (Å²) < 4.78 is 23.5. The van der Waals surface area contributed by atoms with Gasteiger partial charge in [-0.1, -0.05) is 72.8 Å². The quantitative estimate of drug-likeness (QED) is 0.0725. The van der Waals surface area contributed by atoms with Gasteiger partial charge in [-0.2, -0.15) is 0 Å². The molecule has 5 aromatic rings. The molecule has 0 radical (unpaired) electrons. The fourth-order valence-corrected chi connectivity index (χ4v) is 5.14. The highest BCUT2D eigenvalue weighted by Gasteiger charge is 2.51. The van der Waals surface area contributed by atoms with Crippen LogP contribution in [0.2, 0.25) is 0 Å². The smallest absolute Gasteiger partial charge is 0.353 e. The van der Waals surface area contributed by atoms with Gasteiger partial charge in [0.2, 0.25) is 11.6 Å². The monoisotopic (exact) mass is 675 g/mol. The van der Waals surface area contributed by atoms with Crippen LogP contribution in [0.3, 0.4) is 0 Å². The van der Waals surface area contributed by atoms with E-state index >= 15 is 0 Å². The van der Waals surface area contributed by atoms with Crippen molar-refractivity contribution in [3.05, 3.63) is 154 Å². The molecule has 0 spiro atoms. The van der Waals surface area contributed by atoms with Gasteiger partial charge in [0, 0.05) is 5.69 Å². The summed E-state index contributed by atoms with van der Waals surface area (Å²) in [6, 6.07) is 33.0. The molecule has 0 amide bonds. The maximum Gasteiger partial charge on any atom is 0.353 e. The summed E-state index contributed by atoms with van der Waals surface area (Å²) in [6.45, 7) is -0.440. The van der Waals surface area contributed by atoms with Gasteiger partial charge in [0.05, 0.1) is 21.6 Å². The van der Waals surface area contributed by atoms with Crippen LogP contribution in [-0.2, 0) is 18.9 Å². The highest BCUT2D eigenvalue weighted by molar-refractivity contribution is 5.91. The van der Waals surface area contributed by atoms with Gasteiger partial charge in [0.1, 0.15) is 19.0 Å². The summed E-state index contributed by atoms with van der Waals surface area (Å²) >= 11 is 0. The van der Waals surface area contributed by atoms with E-state index in [1.807, 2.05) is 0 Å². The minimum absolute atomic E-state index is 0.130. The predicted molar refractivity (Wildman–Crippen MR) is 179 cm³/mol. The number of nitro groups is 1. The van der Waals surface area contributed by atoms with Crippen molar-refractivity contribution in [2.75, 3.05) is 17.2 Å². The second-order valence-electron chi connectivity index (χ2n) is 10.8. The third-order valence-electron chi connectivity index (χ3n) is 7.52. The van der Waals surface area contributed by atoms with E-state index in [2.05, 4.69) is 20.6 Å². The Labute approximate surface area is 285 Å². The van der Waals surface area contributed by atoms with Crippen molar-refractivity contribution in [3.63, 3.8) is 0 Å². The lowest BCUT2D eigenvalue weighted by molar-refractivity contribution is -0.383. The molecule has 0 saturated carbocycles. The molecular weight excluding hydrogens is 646 g/mol. The Morgan fingerprint density at radius 2 is 1.16 bits per heavy atom. The molecule has 1 saturated heterocycles. The van der Waals surface area contributed by atoms with Crippen molar-refractivity contribution in [3.8, 4) is 0 Å². The van der Waals surface area contributed by atoms with E-state index in [1.54, 1.807) is 97.1 Å². The molecule has 14 nitrogen and oxygen atoms in total. The number of hydrogen-bond acceptors (Lipinski definition) is 13. The molecule has 0 aliphatic carbocycles. The molecule has 4 aromatic carbocycles. The first-order valence-electron chi connectivity index (χ1n) is 15.3. The number of aromatic nitrogens is 2. The Bertz CT molecular complexity index is 1950. The van der Waals surface area contributed by atoms with E-state index in [-0.39, 0.29) is 28.3 Å². The Balaban J connectivity index is 1.35. The van der Waals surface area contributed by atoms with Crippen molar-refractivity contribution >= 4 is 40.9 Å². The largest absolute Gasteiger partial charge is 0.459 e. The minimum Gasteiger partial charge on any atom is -0.459 e. The molecular formula is C36H29N5O9. The van der Waals surface area contributed by atoms with Gasteiger partial charge in [0.25, 0.3) is 0 Å². The van der Waals surface area contributed by atoms with Gasteiger partial charge in [-0.15, -0.1) is 0 Å². The van der Waals surface area contributed by atoms with Gasteiger partial charge >= 0.3 is 23.6 Å². The number of benzene rings is 4. The maximum atomic E-state index is 13.4. The second-order valence-corrected chi connectivity index (χ2v) is 10.8. The minimum atomic E-state index is -1.42. The standard InChI is InChI=1S/C36H29N5O9/c42-34(23-13-5-1-6-14-23)47-21-27-29(49-35(43)24-15-7-2-8-16-24)30(50-36(44)25-17-9-3-10-18-25)33(48-27)40-32-28(41(45)46)31(37-22-38-32)39-26-19-11-4-12-20-26/h1-20,22,27,29-30,33H,21H2,(H2,37,38,39,40)/t27-,29-,30-,33+/m1/s1. The van der Waals surface area contributed by atoms with Crippen molar-refractivity contribution in [1.29, 1.82) is 0 Å². The van der Waals surface area contributed by atoms with Crippen LogP contribution in [0.15, 0.2) is 128 Å². The predicted octanol–water partition coefficient (Wildman–Crippen LogP) is 5.57. The molecule has 2 heterocycles. The van der Waals surface area contributed by atoms with Crippen molar-refractivity contribution in [1.82, 2.24) is 9.97 Å². The van der Waals surface area contributed by atoms with Gasteiger partial charge in [0.15, 0.2) is 18.4 Å². The molecule has 2 N–H and O–H groups in total. The average molecular weight is 676 g/mol. The van der Waals surface area contributed by atoms with Crippen molar-refractivity contribution in [2.24, 2.45) is 0 Å². The fourth-order valence-electron chi connectivity index (χ4n) is 5.14. The number of carbonyl (C=O) groups is 3. The van der Waals surface area contributed by atoms with E-state index in [1.165, 1.54) is 24.3 Å². The second kappa shape index (κ2) is 15.5. The summed E-state index contributed by atoms with van der Waals surface area (Å²) in [5, 5.41) is 18.1. The summed E-state index contributed by atoms with van der Waals surface area (Å²) in [4.78, 5) is 59.5. The number of para-hydroxylation sites is 1. The highest BCUT2D eigenvalue weighted by atomic mass is 16.7. The van der Waals surface area contributed by atoms with Gasteiger partial charge in [-0.05, 0) is 48.5 Å². The Kier molecular flexibility index (Phi) is 10.3. The lowest BCUT2D eigenvalue weighted by Gasteiger charge is -2.25. The molecule has 1 aromatic heterocycles. The number of rotatable bonds is 12. The van der Waals surface area contributed by atoms with Crippen LogP contribution >= 0.6 is 0 Å². The summed E-state index contributed by atoms with van der Waals surface area (Å²) in [7, 11) is 0. The fraction of sp³-hybridized carbons (Fsp3) is 0.139. The summed E-state index contributed by atoms with van der Waals surface area (Å²) in [5.41, 5.74) is 0.631. The number of anilines is 3. The van der Waals surface area contributed by atoms with Crippen LogP contribution in [0.1, 0.15) is 31.1 Å². The Morgan fingerprint density at radius 1 is 0.680 bits per heavy atom. The number of nitrogens with one attached hydrogen (secondary N) is 2. The van der Waals surface area contributed by atoms with Crippen LogP contribution in [0.4, 0.5) is 23.0 Å². The van der Waals surface area contributed by atoms with E-state index in [0.717, 1.165) is 6.33 Å². The van der Waals surface area contributed by atoms with Gasteiger partial charge < -0.3 is 29.6 Å². The van der Waals surface area contributed by atoms with Crippen LogP contribution in [0.5, 0.6) is 0 Å². The molecule has 1 fully saturated rings. The van der Waals surface area contributed by atoms with E-state index in [4.69, 9.17) is 18.9 Å². The molecule has 50 heavy (non-hydrogen) atoms. The molecule has 0 bridgehead atoms. The zero-order chi connectivity index (χ0) is 34.9. The van der Waals surface area contributed by atoms with Crippen LogP contribution in [0.25, 0.3) is 0 Å². The van der Waals surface area contributed by atoms with Crippen LogP contribution in [0, 0.1) is 10.1 Å². The summed E-state index contributed by atoms with van der Waals surface area (Å²) in [6.07, 6.45) is -4.28. The Hall–Kier alpha value is -6.67. The average Bonchev–Trinajstić information content (AvgIpc) is 3.46. The topological polar surface area (TPSA) is 181 Å². The zero-order valence-corrected chi connectivity index (χ0v) is 26.2. The first-order valence-corrected chi connectivity index (χ1v) is 15.3. The molecule has 0 unspecified atom stereocenters. The molecule has 1 aliphatic rings. The Morgan fingerprint density at radius 3 is 1.70 bits per heavy atom. The number of hydrogen-bond donors (Lipinski definition) is 2. The zero-order valence-electron chi connectivity index (χ0n) is 26.2. The lowest BCUT2D eigenvalue weighted by Crippen LogP contribution is -2.43. The highest BCUT2D eigenvalue weighted by Crippen LogP contribution is 2.35. The van der Waals surface area contributed by atoms with E-state index < -0.39 is 59.7 Å². The lowest BCUT2D eigenvalue weighted by atomic mass is 10.1. The van der Waals surface area contributed by atoms with Gasteiger partial charge in [-0.25, -0.2) is 24.4 Å². The summed E-state index contributed by atoms with van der Waals surface area (Å²) in [5.74, 6) is -2.67.